The molecule has 3 aromatic carbocycles. The molecule has 1 amide bonds. The second kappa shape index (κ2) is 9.67. The predicted octanol–water partition coefficient (Wildman–Crippen LogP) is 3.73. The van der Waals surface area contributed by atoms with E-state index in [1.807, 2.05) is 36.1 Å². The van der Waals surface area contributed by atoms with Crippen molar-refractivity contribution in [1.29, 1.82) is 0 Å². The Balaban J connectivity index is 1.35. The van der Waals surface area contributed by atoms with E-state index in [1.54, 1.807) is 55.6 Å². The van der Waals surface area contributed by atoms with E-state index >= 15 is 0 Å². The summed E-state index contributed by atoms with van der Waals surface area (Å²) in [6.07, 6.45) is 0.257. The fourth-order valence-electron chi connectivity index (χ4n) is 3.93. The maximum atomic E-state index is 12.8. The van der Waals surface area contributed by atoms with Gasteiger partial charge in [0.05, 0.1) is 23.3 Å². The standard InChI is InChI=1S/C26H28N2O4S/c1-20-3-11-24(12-4-20)33(30,31)25-13-5-21(6-14-25)19-26(29)28-17-15-27(16-18-28)22-7-9-23(32-2)10-8-22/h3-14H,15-19H2,1-2H3. The first-order valence-corrected chi connectivity index (χ1v) is 12.4. The largest absolute Gasteiger partial charge is 0.497 e. The van der Waals surface area contributed by atoms with Gasteiger partial charge in [0.15, 0.2) is 0 Å². The number of aryl methyl sites for hydroxylation is 1. The molecule has 1 aliphatic heterocycles. The van der Waals surface area contributed by atoms with Crippen LogP contribution in [0.15, 0.2) is 82.6 Å². The minimum absolute atomic E-state index is 0.0542. The highest BCUT2D eigenvalue weighted by atomic mass is 32.2. The van der Waals surface area contributed by atoms with Crippen molar-refractivity contribution < 1.29 is 17.9 Å². The summed E-state index contributed by atoms with van der Waals surface area (Å²) >= 11 is 0. The van der Waals surface area contributed by atoms with Gasteiger partial charge >= 0.3 is 0 Å². The molecule has 0 spiro atoms. The van der Waals surface area contributed by atoms with Crippen LogP contribution in [0, 0.1) is 6.92 Å². The first-order chi connectivity index (χ1) is 15.9. The number of ether oxygens (including phenoxy) is 1. The summed E-state index contributed by atoms with van der Waals surface area (Å²) in [6.45, 7) is 4.77. The Kier molecular flexibility index (Phi) is 6.70. The monoisotopic (exact) mass is 464 g/mol. The third-order valence-electron chi connectivity index (χ3n) is 5.99. The van der Waals surface area contributed by atoms with Gasteiger partial charge in [0.2, 0.25) is 15.7 Å². The number of carbonyl (C=O) groups is 1. The highest BCUT2D eigenvalue weighted by Gasteiger charge is 2.22. The summed E-state index contributed by atoms with van der Waals surface area (Å²) in [5, 5.41) is 0. The van der Waals surface area contributed by atoms with Crippen molar-refractivity contribution in [3.8, 4) is 5.75 Å². The van der Waals surface area contributed by atoms with Crippen molar-refractivity contribution in [2.45, 2.75) is 23.1 Å². The number of anilines is 1. The molecule has 0 N–H and O–H groups in total. The van der Waals surface area contributed by atoms with Gasteiger partial charge in [-0.25, -0.2) is 8.42 Å². The zero-order valence-corrected chi connectivity index (χ0v) is 19.7. The number of rotatable bonds is 6. The zero-order valence-electron chi connectivity index (χ0n) is 18.9. The quantitative estimate of drug-likeness (QED) is 0.556. The van der Waals surface area contributed by atoms with Gasteiger partial charge in [0.1, 0.15) is 5.75 Å². The Bertz CT molecular complexity index is 1200. The molecule has 6 nitrogen and oxygen atoms in total. The van der Waals surface area contributed by atoms with Crippen LogP contribution < -0.4 is 9.64 Å². The van der Waals surface area contributed by atoms with E-state index in [0.717, 1.165) is 35.7 Å². The summed E-state index contributed by atoms with van der Waals surface area (Å²) in [5.41, 5.74) is 2.93. The van der Waals surface area contributed by atoms with Gasteiger partial charge in [-0.1, -0.05) is 29.8 Å². The Labute approximate surface area is 195 Å². The van der Waals surface area contributed by atoms with Crippen molar-refractivity contribution in [2.24, 2.45) is 0 Å². The number of amides is 1. The maximum absolute atomic E-state index is 12.8. The van der Waals surface area contributed by atoms with Gasteiger partial charge in [-0.05, 0) is 61.0 Å². The number of nitrogens with zero attached hydrogens (tertiary/aromatic N) is 2. The zero-order chi connectivity index (χ0) is 23.4. The van der Waals surface area contributed by atoms with E-state index < -0.39 is 9.84 Å². The fourth-order valence-corrected chi connectivity index (χ4v) is 5.19. The van der Waals surface area contributed by atoms with Crippen molar-refractivity contribution in [2.75, 3.05) is 38.2 Å². The Morgan fingerprint density at radius 2 is 1.36 bits per heavy atom. The van der Waals surface area contributed by atoms with Crippen LogP contribution >= 0.6 is 0 Å². The lowest BCUT2D eigenvalue weighted by Crippen LogP contribution is -2.49. The van der Waals surface area contributed by atoms with Crippen LogP contribution in [-0.4, -0.2) is 52.5 Å². The Hall–Kier alpha value is -3.32. The molecule has 0 atom stereocenters. The minimum Gasteiger partial charge on any atom is -0.497 e. The smallest absolute Gasteiger partial charge is 0.227 e. The van der Waals surface area contributed by atoms with Crippen molar-refractivity contribution >= 4 is 21.4 Å². The molecule has 4 rings (SSSR count). The molecule has 0 saturated carbocycles. The topological polar surface area (TPSA) is 66.9 Å². The first kappa shape index (κ1) is 22.9. The maximum Gasteiger partial charge on any atom is 0.227 e. The number of hydrogen-bond acceptors (Lipinski definition) is 5. The molecule has 0 radical (unpaired) electrons. The van der Waals surface area contributed by atoms with E-state index in [0.29, 0.717) is 13.1 Å². The van der Waals surface area contributed by atoms with Gasteiger partial charge in [-0.3, -0.25) is 4.79 Å². The molecule has 0 aliphatic carbocycles. The molecule has 33 heavy (non-hydrogen) atoms. The van der Waals surface area contributed by atoms with Crippen LogP contribution in [0.1, 0.15) is 11.1 Å². The van der Waals surface area contributed by atoms with Crippen LogP contribution in [-0.2, 0) is 21.1 Å². The SMILES string of the molecule is COc1ccc(N2CCN(C(=O)Cc3ccc(S(=O)(=O)c4ccc(C)cc4)cc3)CC2)cc1. The number of methoxy groups -OCH3 is 1. The van der Waals surface area contributed by atoms with Crippen LogP contribution in [0.25, 0.3) is 0 Å². The summed E-state index contributed by atoms with van der Waals surface area (Å²) in [4.78, 5) is 17.4. The number of hydrogen-bond donors (Lipinski definition) is 0. The highest BCUT2D eigenvalue weighted by molar-refractivity contribution is 7.91. The second-order valence-electron chi connectivity index (χ2n) is 8.20. The lowest BCUT2D eigenvalue weighted by atomic mass is 10.1. The normalized spacial score (nSPS) is 14.2. The van der Waals surface area contributed by atoms with Gasteiger partial charge < -0.3 is 14.5 Å². The van der Waals surface area contributed by atoms with Crippen LogP contribution in [0.4, 0.5) is 5.69 Å². The summed E-state index contributed by atoms with van der Waals surface area (Å²) < 4.78 is 30.9. The van der Waals surface area contributed by atoms with Crippen LogP contribution in [0.3, 0.4) is 0 Å². The molecule has 0 unspecified atom stereocenters. The van der Waals surface area contributed by atoms with Crippen LogP contribution in [0.2, 0.25) is 0 Å². The summed E-state index contributed by atoms with van der Waals surface area (Å²) in [7, 11) is -1.92. The van der Waals surface area contributed by atoms with Crippen molar-refractivity contribution in [3.63, 3.8) is 0 Å². The molecule has 3 aromatic rings. The predicted molar refractivity (Wildman–Crippen MR) is 129 cm³/mol. The Morgan fingerprint density at radius 3 is 1.91 bits per heavy atom. The number of sulfone groups is 1. The fraction of sp³-hybridized carbons (Fsp3) is 0.269. The van der Waals surface area contributed by atoms with Crippen molar-refractivity contribution in [3.05, 3.63) is 83.9 Å². The van der Waals surface area contributed by atoms with E-state index in [-0.39, 0.29) is 22.1 Å². The number of carbonyl (C=O) groups excluding carboxylic acids is 1. The second-order valence-corrected chi connectivity index (χ2v) is 10.2. The van der Waals surface area contributed by atoms with E-state index in [2.05, 4.69) is 4.90 Å². The van der Waals surface area contributed by atoms with Crippen molar-refractivity contribution in [1.82, 2.24) is 4.90 Å². The van der Waals surface area contributed by atoms with Crippen LogP contribution in [0.5, 0.6) is 5.75 Å². The molecule has 7 heteroatoms. The first-order valence-electron chi connectivity index (χ1n) is 10.9. The molecule has 1 fully saturated rings. The van der Waals surface area contributed by atoms with Gasteiger partial charge in [0, 0.05) is 31.9 Å². The van der Waals surface area contributed by atoms with Gasteiger partial charge in [-0.15, -0.1) is 0 Å². The molecule has 1 saturated heterocycles. The van der Waals surface area contributed by atoms with Gasteiger partial charge in [-0.2, -0.15) is 0 Å². The van der Waals surface area contributed by atoms with E-state index in [4.69, 9.17) is 4.74 Å². The Morgan fingerprint density at radius 1 is 0.818 bits per heavy atom. The molecular formula is C26H28N2O4S. The third-order valence-corrected chi connectivity index (χ3v) is 7.78. The summed E-state index contributed by atoms with van der Waals surface area (Å²) in [5.74, 6) is 0.878. The minimum atomic E-state index is -3.57. The number of piperazine rings is 1. The third kappa shape index (κ3) is 5.20. The lowest BCUT2D eigenvalue weighted by molar-refractivity contribution is -0.130. The average molecular weight is 465 g/mol. The van der Waals surface area contributed by atoms with E-state index in [9.17, 15) is 13.2 Å². The number of benzene rings is 3. The van der Waals surface area contributed by atoms with Gasteiger partial charge in [0.25, 0.3) is 0 Å². The highest BCUT2D eigenvalue weighted by Crippen LogP contribution is 2.23. The molecule has 172 valence electrons. The lowest BCUT2D eigenvalue weighted by Gasteiger charge is -2.36. The molecule has 0 aromatic heterocycles. The summed E-state index contributed by atoms with van der Waals surface area (Å²) in [6, 6.07) is 21.4. The molecular weight excluding hydrogens is 436 g/mol. The van der Waals surface area contributed by atoms with E-state index in [1.165, 1.54) is 0 Å². The molecule has 1 heterocycles. The molecule has 1 aliphatic rings. The average Bonchev–Trinajstić information content (AvgIpc) is 2.85. The molecule has 0 bridgehead atoms.